The number of hydrogen-bond donors (Lipinski definition) is 1. The van der Waals surface area contributed by atoms with Crippen molar-refractivity contribution >= 4 is 34.2 Å². The summed E-state index contributed by atoms with van der Waals surface area (Å²) in [4.78, 5) is 16.7. The van der Waals surface area contributed by atoms with Crippen molar-refractivity contribution in [2.75, 3.05) is 18.5 Å². The van der Waals surface area contributed by atoms with Crippen LogP contribution in [0.5, 0.6) is 11.5 Å². The average molecular weight is 372 g/mol. The van der Waals surface area contributed by atoms with Crippen LogP contribution < -0.4 is 14.8 Å². The Morgan fingerprint density at radius 1 is 1.19 bits per heavy atom. The van der Waals surface area contributed by atoms with E-state index >= 15 is 0 Å². The molecule has 2 aromatic carbocycles. The predicted octanol–water partition coefficient (Wildman–Crippen LogP) is 3.88. The van der Waals surface area contributed by atoms with Crippen LogP contribution in [0.2, 0.25) is 5.02 Å². The molecular formula is C19H18ClN3O3. The van der Waals surface area contributed by atoms with Crippen LogP contribution in [0.1, 0.15) is 12.8 Å². The predicted molar refractivity (Wildman–Crippen MR) is 100 cm³/mol. The minimum absolute atomic E-state index is 0.126. The number of nitrogens with zero attached hydrogens (tertiary/aromatic N) is 2. The molecule has 1 aliphatic heterocycles. The van der Waals surface area contributed by atoms with Crippen molar-refractivity contribution in [3.05, 3.63) is 47.7 Å². The van der Waals surface area contributed by atoms with Crippen LogP contribution in [-0.2, 0) is 11.3 Å². The molecule has 0 atom stereocenters. The number of hydrogen-bond acceptors (Lipinski definition) is 4. The van der Waals surface area contributed by atoms with E-state index in [2.05, 4.69) is 10.3 Å². The number of amides is 1. The quantitative estimate of drug-likeness (QED) is 0.755. The van der Waals surface area contributed by atoms with Crippen LogP contribution >= 0.6 is 11.6 Å². The molecule has 1 aliphatic rings. The maximum absolute atomic E-state index is 12.4. The Morgan fingerprint density at radius 3 is 2.81 bits per heavy atom. The van der Waals surface area contributed by atoms with E-state index in [0.29, 0.717) is 48.4 Å². The van der Waals surface area contributed by atoms with Crippen molar-refractivity contribution in [2.45, 2.75) is 19.4 Å². The lowest BCUT2D eigenvalue weighted by Crippen LogP contribution is -2.14. The second-order valence-electron chi connectivity index (χ2n) is 6.05. The summed E-state index contributed by atoms with van der Waals surface area (Å²) in [5, 5.41) is 3.28. The Kier molecular flexibility index (Phi) is 4.67. The fourth-order valence-electron chi connectivity index (χ4n) is 2.90. The first-order valence-corrected chi connectivity index (χ1v) is 8.87. The van der Waals surface area contributed by atoms with E-state index in [1.165, 1.54) is 0 Å². The summed E-state index contributed by atoms with van der Waals surface area (Å²) in [6.45, 7) is 1.71. The molecular weight excluding hydrogens is 354 g/mol. The van der Waals surface area contributed by atoms with Gasteiger partial charge >= 0.3 is 0 Å². The van der Waals surface area contributed by atoms with E-state index in [0.717, 1.165) is 17.5 Å². The zero-order valence-corrected chi connectivity index (χ0v) is 14.8. The van der Waals surface area contributed by atoms with Gasteiger partial charge in [-0.25, -0.2) is 4.98 Å². The summed E-state index contributed by atoms with van der Waals surface area (Å²) >= 11 is 6.27. The maximum atomic E-state index is 12.4. The maximum Gasteiger partial charge on any atom is 0.226 e. The van der Waals surface area contributed by atoms with Gasteiger partial charge in [-0.15, -0.1) is 0 Å². The lowest BCUT2D eigenvalue weighted by atomic mass is 10.2. The second kappa shape index (κ2) is 7.25. The van der Waals surface area contributed by atoms with Gasteiger partial charge in [-0.2, -0.15) is 0 Å². The summed E-state index contributed by atoms with van der Waals surface area (Å²) in [5.41, 5.74) is 2.45. The molecule has 26 heavy (non-hydrogen) atoms. The van der Waals surface area contributed by atoms with Crippen molar-refractivity contribution in [1.29, 1.82) is 0 Å². The molecule has 0 aliphatic carbocycles. The third-order valence-corrected chi connectivity index (χ3v) is 4.53. The number of aromatic nitrogens is 2. The highest BCUT2D eigenvalue weighted by Crippen LogP contribution is 2.37. The number of carbonyl (C=O) groups is 1. The molecule has 0 radical (unpaired) electrons. The third kappa shape index (κ3) is 3.46. The summed E-state index contributed by atoms with van der Waals surface area (Å²) in [7, 11) is 0. The first kappa shape index (κ1) is 16.7. The smallest absolute Gasteiger partial charge is 0.226 e. The van der Waals surface area contributed by atoms with Gasteiger partial charge in [0.05, 0.1) is 41.3 Å². The molecule has 0 fully saturated rings. The van der Waals surface area contributed by atoms with Gasteiger partial charge in [-0.05, 0) is 12.1 Å². The van der Waals surface area contributed by atoms with E-state index in [1.807, 2.05) is 28.8 Å². The number of rotatable bonds is 4. The van der Waals surface area contributed by atoms with Crippen LogP contribution in [0, 0.1) is 0 Å². The normalized spacial score (nSPS) is 13.4. The van der Waals surface area contributed by atoms with Crippen molar-refractivity contribution in [1.82, 2.24) is 9.55 Å². The molecule has 7 heteroatoms. The fraction of sp³-hybridized carbons (Fsp3) is 0.263. The monoisotopic (exact) mass is 371 g/mol. The number of halogens is 1. The van der Waals surface area contributed by atoms with Gasteiger partial charge < -0.3 is 19.4 Å². The summed E-state index contributed by atoms with van der Waals surface area (Å²) in [6.07, 6.45) is 2.87. The Hall–Kier alpha value is -2.73. The van der Waals surface area contributed by atoms with Crippen LogP contribution in [0.4, 0.5) is 5.69 Å². The zero-order chi connectivity index (χ0) is 17.9. The lowest BCUT2D eigenvalue weighted by Gasteiger charge is -2.12. The van der Waals surface area contributed by atoms with E-state index in [-0.39, 0.29) is 5.91 Å². The number of anilines is 1. The minimum atomic E-state index is -0.126. The van der Waals surface area contributed by atoms with E-state index in [4.69, 9.17) is 21.1 Å². The topological polar surface area (TPSA) is 65.4 Å². The van der Waals surface area contributed by atoms with Gasteiger partial charge in [0.1, 0.15) is 0 Å². The molecule has 4 rings (SSSR count). The summed E-state index contributed by atoms with van der Waals surface area (Å²) in [6, 6.07) is 11.2. The molecule has 1 N–H and O–H groups in total. The summed E-state index contributed by atoms with van der Waals surface area (Å²) in [5.74, 6) is 1.08. The highest BCUT2D eigenvalue weighted by atomic mass is 35.5. The Morgan fingerprint density at radius 2 is 1.96 bits per heavy atom. The highest BCUT2D eigenvalue weighted by molar-refractivity contribution is 6.34. The Bertz CT molecular complexity index is 954. The molecule has 2 heterocycles. The van der Waals surface area contributed by atoms with Gasteiger partial charge in [-0.3, -0.25) is 4.79 Å². The Balaban J connectivity index is 1.44. The van der Waals surface area contributed by atoms with Gasteiger partial charge in [0.25, 0.3) is 0 Å². The first-order chi connectivity index (χ1) is 12.7. The van der Waals surface area contributed by atoms with Crippen LogP contribution in [0.15, 0.2) is 42.7 Å². The molecule has 3 aromatic rings. The highest BCUT2D eigenvalue weighted by Gasteiger charge is 2.15. The third-order valence-electron chi connectivity index (χ3n) is 4.22. The number of carbonyl (C=O) groups excluding carboxylic acids is 1. The number of aryl methyl sites for hydroxylation is 1. The molecule has 1 aromatic heterocycles. The number of ether oxygens (including phenoxy) is 2. The molecule has 0 saturated heterocycles. The van der Waals surface area contributed by atoms with Gasteiger partial charge in [0.15, 0.2) is 11.5 Å². The van der Waals surface area contributed by atoms with Gasteiger partial charge in [0.2, 0.25) is 5.91 Å². The molecule has 6 nitrogen and oxygen atoms in total. The summed E-state index contributed by atoms with van der Waals surface area (Å²) < 4.78 is 13.2. The van der Waals surface area contributed by atoms with Crippen molar-refractivity contribution in [3.8, 4) is 11.5 Å². The molecule has 0 spiro atoms. The van der Waals surface area contributed by atoms with Crippen LogP contribution in [0.3, 0.4) is 0 Å². The second-order valence-corrected chi connectivity index (χ2v) is 6.46. The largest absolute Gasteiger partial charge is 0.490 e. The minimum Gasteiger partial charge on any atom is -0.490 e. The van der Waals surface area contributed by atoms with Crippen LogP contribution in [0.25, 0.3) is 11.0 Å². The standard InChI is InChI=1S/C19H18ClN3O3/c20-13-10-17-18(26-9-3-8-25-17)11-15(13)22-19(24)6-7-23-12-21-14-4-1-2-5-16(14)23/h1-2,4-5,10-12H,3,6-9H2,(H,22,24). The van der Waals surface area contributed by atoms with Crippen molar-refractivity contribution in [3.63, 3.8) is 0 Å². The fourth-order valence-corrected chi connectivity index (χ4v) is 3.10. The number of nitrogens with one attached hydrogen (secondary N) is 1. The first-order valence-electron chi connectivity index (χ1n) is 8.49. The van der Waals surface area contributed by atoms with E-state index < -0.39 is 0 Å². The lowest BCUT2D eigenvalue weighted by molar-refractivity contribution is -0.116. The van der Waals surface area contributed by atoms with Crippen LogP contribution in [-0.4, -0.2) is 28.7 Å². The van der Waals surface area contributed by atoms with Crippen molar-refractivity contribution < 1.29 is 14.3 Å². The van der Waals surface area contributed by atoms with E-state index in [1.54, 1.807) is 18.5 Å². The molecule has 0 bridgehead atoms. The average Bonchev–Trinajstić information content (AvgIpc) is 2.92. The number of para-hydroxylation sites is 2. The number of benzene rings is 2. The van der Waals surface area contributed by atoms with Gasteiger partial charge in [-0.1, -0.05) is 23.7 Å². The molecule has 0 unspecified atom stereocenters. The zero-order valence-electron chi connectivity index (χ0n) is 14.1. The molecule has 1 amide bonds. The number of fused-ring (bicyclic) bond motifs is 2. The Labute approximate surface area is 155 Å². The van der Waals surface area contributed by atoms with E-state index in [9.17, 15) is 4.79 Å². The molecule has 0 saturated carbocycles. The molecule has 134 valence electrons. The van der Waals surface area contributed by atoms with Crippen molar-refractivity contribution in [2.24, 2.45) is 0 Å². The SMILES string of the molecule is O=C(CCn1cnc2ccccc21)Nc1cc2c(cc1Cl)OCCCO2. The number of imidazole rings is 1. The van der Waals surface area contributed by atoms with Gasteiger partial charge in [0, 0.05) is 31.5 Å².